The van der Waals surface area contributed by atoms with E-state index in [2.05, 4.69) is 26.1 Å². The fraction of sp³-hybridized carbons (Fsp3) is 0.111. The maximum atomic E-state index is 4.83. The van der Waals surface area contributed by atoms with Crippen LogP contribution in [0.25, 0.3) is 11.4 Å². The first-order valence-electron chi connectivity index (χ1n) is 3.82. The Bertz CT molecular complexity index is 425. The second-order valence-corrected chi connectivity index (χ2v) is 3.36. The molecule has 0 fully saturated rings. The first-order chi connectivity index (χ1) is 6.27. The van der Waals surface area contributed by atoms with Gasteiger partial charge in [0.15, 0.2) is 0 Å². The highest BCUT2D eigenvalue weighted by Crippen LogP contribution is 2.20. The molecule has 0 N–H and O–H groups in total. The molecule has 1 heterocycles. The Morgan fingerprint density at radius 1 is 1.31 bits per heavy atom. The highest BCUT2D eigenvalue weighted by molar-refractivity contribution is 9.10. The highest BCUT2D eigenvalue weighted by atomic mass is 79.9. The van der Waals surface area contributed by atoms with E-state index in [-0.39, 0.29) is 0 Å². The molecule has 2 aromatic rings. The molecular formula is C9H7BrN2O. The lowest BCUT2D eigenvalue weighted by Gasteiger charge is -1.97. The monoisotopic (exact) mass is 238 g/mol. The highest BCUT2D eigenvalue weighted by Gasteiger charge is 2.07. The van der Waals surface area contributed by atoms with Gasteiger partial charge in [0.05, 0.1) is 0 Å². The van der Waals surface area contributed by atoms with Gasteiger partial charge in [-0.05, 0) is 12.5 Å². The summed E-state index contributed by atoms with van der Waals surface area (Å²) in [5, 5.41) is 3.81. The Kier molecular flexibility index (Phi) is 2.14. The molecule has 0 saturated carbocycles. The van der Waals surface area contributed by atoms with Crippen LogP contribution in [0.3, 0.4) is 0 Å². The van der Waals surface area contributed by atoms with Gasteiger partial charge in [-0.25, -0.2) is 0 Å². The second-order valence-electron chi connectivity index (χ2n) is 2.69. The van der Waals surface area contributed by atoms with E-state index in [1.807, 2.05) is 31.2 Å². The van der Waals surface area contributed by atoms with Crippen molar-refractivity contribution in [1.29, 1.82) is 0 Å². The zero-order valence-electron chi connectivity index (χ0n) is 6.99. The van der Waals surface area contributed by atoms with Gasteiger partial charge >= 0.3 is 0 Å². The largest absolute Gasteiger partial charge is 0.326 e. The summed E-state index contributed by atoms with van der Waals surface area (Å²) in [6.45, 7) is 2.01. The molecule has 0 bridgehead atoms. The van der Waals surface area contributed by atoms with Gasteiger partial charge in [-0.3, -0.25) is 0 Å². The second kappa shape index (κ2) is 3.30. The van der Waals surface area contributed by atoms with E-state index in [1.54, 1.807) is 0 Å². The third-order valence-corrected chi connectivity index (χ3v) is 2.11. The number of aryl methyl sites for hydroxylation is 1. The summed E-state index contributed by atoms with van der Waals surface area (Å²) in [5.74, 6) is 0.616. The third-order valence-electron chi connectivity index (χ3n) is 1.79. The van der Waals surface area contributed by atoms with E-state index < -0.39 is 0 Å². The SMILES string of the molecule is Cc1ccccc1-c1noc(Br)n1. The Morgan fingerprint density at radius 2 is 2.08 bits per heavy atom. The number of hydrogen-bond acceptors (Lipinski definition) is 3. The lowest BCUT2D eigenvalue weighted by molar-refractivity contribution is 0.397. The number of nitrogens with zero attached hydrogens (tertiary/aromatic N) is 2. The Morgan fingerprint density at radius 3 is 2.69 bits per heavy atom. The van der Waals surface area contributed by atoms with Crippen LogP contribution < -0.4 is 0 Å². The van der Waals surface area contributed by atoms with E-state index in [0.717, 1.165) is 11.1 Å². The van der Waals surface area contributed by atoms with Gasteiger partial charge in [0.25, 0.3) is 4.80 Å². The summed E-state index contributed by atoms with van der Waals surface area (Å²) < 4.78 is 4.83. The summed E-state index contributed by atoms with van der Waals surface area (Å²) in [6.07, 6.45) is 0. The fourth-order valence-electron chi connectivity index (χ4n) is 1.14. The van der Waals surface area contributed by atoms with Crippen molar-refractivity contribution in [2.75, 3.05) is 0 Å². The lowest BCUT2D eigenvalue weighted by atomic mass is 10.1. The van der Waals surface area contributed by atoms with E-state index in [1.165, 1.54) is 0 Å². The summed E-state index contributed by atoms with van der Waals surface area (Å²) in [6, 6.07) is 7.91. The van der Waals surface area contributed by atoms with Crippen LogP contribution in [-0.4, -0.2) is 10.1 Å². The zero-order valence-corrected chi connectivity index (χ0v) is 8.58. The van der Waals surface area contributed by atoms with Gasteiger partial charge in [-0.15, -0.1) is 0 Å². The van der Waals surface area contributed by atoms with Crippen molar-refractivity contribution in [2.45, 2.75) is 6.92 Å². The molecule has 3 nitrogen and oxygen atoms in total. The lowest BCUT2D eigenvalue weighted by Crippen LogP contribution is -1.83. The third kappa shape index (κ3) is 1.62. The first-order valence-corrected chi connectivity index (χ1v) is 4.62. The molecule has 0 radical (unpaired) electrons. The Hall–Kier alpha value is -1.16. The average molecular weight is 239 g/mol. The molecule has 0 atom stereocenters. The van der Waals surface area contributed by atoms with Crippen LogP contribution in [0.5, 0.6) is 0 Å². The quantitative estimate of drug-likeness (QED) is 0.767. The predicted octanol–water partition coefficient (Wildman–Crippen LogP) is 2.81. The first kappa shape index (κ1) is 8.44. The summed E-state index contributed by atoms with van der Waals surface area (Å²) in [7, 11) is 0. The summed E-state index contributed by atoms with van der Waals surface area (Å²) in [5.41, 5.74) is 2.13. The Balaban J connectivity index is 2.52. The smallest absolute Gasteiger partial charge is 0.294 e. The van der Waals surface area contributed by atoms with Gasteiger partial charge < -0.3 is 4.52 Å². The van der Waals surface area contributed by atoms with Crippen LogP contribution in [0.1, 0.15) is 5.56 Å². The molecule has 0 unspecified atom stereocenters. The maximum absolute atomic E-state index is 4.83. The van der Waals surface area contributed by atoms with Crippen molar-refractivity contribution in [3.63, 3.8) is 0 Å². The molecule has 0 aliphatic carbocycles. The molecule has 13 heavy (non-hydrogen) atoms. The van der Waals surface area contributed by atoms with E-state index >= 15 is 0 Å². The molecule has 1 aromatic carbocycles. The minimum atomic E-state index is 0.408. The van der Waals surface area contributed by atoms with Crippen LogP contribution >= 0.6 is 15.9 Å². The fourth-order valence-corrected chi connectivity index (χ4v) is 1.38. The van der Waals surface area contributed by atoms with Crippen molar-refractivity contribution in [1.82, 2.24) is 10.1 Å². The molecule has 0 amide bonds. The van der Waals surface area contributed by atoms with E-state index in [4.69, 9.17) is 4.52 Å². The van der Waals surface area contributed by atoms with Crippen LogP contribution in [0, 0.1) is 6.92 Å². The molecule has 4 heteroatoms. The van der Waals surface area contributed by atoms with Crippen molar-refractivity contribution in [3.05, 3.63) is 34.6 Å². The topological polar surface area (TPSA) is 38.9 Å². The minimum Gasteiger partial charge on any atom is -0.326 e. The van der Waals surface area contributed by atoms with Crippen LogP contribution in [-0.2, 0) is 0 Å². The van der Waals surface area contributed by atoms with Crippen LogP contribution in [0.4, 0.5) is 0 Å². The number of halogens is 1. The van der Waals surface area contributed by atoms with Gasteiger partial charge in [-0.2, -0.15) is 4.98 Å². The predicted molar refractivity (Wildman–Crippen MR) is 52.2 cm³/mol. The molecule has 0 saturated heterocycles. The molecule has 66 valence electrons. The number of hydrogen-bond donors (Lipinski definition) is 0. The van der Waals surface area contributed by atoms with Crippen LogP contribution in [0.15, 0.2) is 33.6 Å². The zero-order chi connectivity index (χ0) is 9.26. The van der Waals surface area contributed by atoms with Gasteiger partial charge in [-0.1, -0.05) is 29.4 Å². The van der Waals surface area contributed by atoms with Gasteiger partial charge in [0, 0.05) is 21.5 Å². The normalized spacial score (nSPS) is 10.3. The average Bonchev–Trinajstić information content (AvgIpc) is 2.53. The van der Waals surface area contributed by atoms with Crippen molar-refractivity contribution in [3.8, 4) is 11.4 Å². The number of benzene rings is 1. The molecule has 2 rings (SSSR count). The van der Waals surface area contributed by atoms with Crippen molar-refractivity contribution >= 4 is 15.9 Å². The number of rotatable bonds is 1. The molecule has 1 aromatic heterocycles. The molecule has 0 aliphatic heterocycles. The Labute approximate surface area is 83.9 Å². The van der Waals surface area contributed by atoms with Crippen molar-refractivity contribution in [2.24, 2.45) is 0 Å². The minimum absolute atomic E-state index is 0.408. The van der Waals surface area contributed by atoms with Gasteiger partial charge in [0.1, 0.15) is 0 Å². The van der Waals surface area contributed by atoms with Crippen molar-refractivity contribution < 1.29 is 4.52 Å². The maximum Gasteiger partial charge on any atom is 0.294 e. The van der Waals surface area contributed by atoms with E-state index in [0.29, 0.717) is 10.6 Å². The van der Waals surface area contributed by atoms with E-state index in [9.17, 15) is 0 Å². The molecular weight excluding hydrogens is 232 g/mol. The summed E-state index contributed by atoms with van der Waals surface area (Å²) >= 11 is 3.11. The van der Waals surface area contributed by atoms with Crippen LogP contribution in [0.2, 0.25) is 0 Å². The standard InChI is InChI=1S/C9H7BrN2O/c1-6-4-2-3-5-7(6)8-11-9(10)13-12-8/h2-5H,1H3. The molecule has 0 aliphatic rings. The molecule has 0 spiro atoms. The number of aromatic nitrogens is 2. The summed E-state index contributed by atoms with van der Waals surface area (Å²) in [4.78, 5) is 4.49. The van der Waals surface area contributed by atoms with Gasteiger partial charge in [0.2, 0.25) is 5.82 Å².